The zero-order chi connectivity index (χ0) is 13.5. The summed E-state index contributed by atoms with van der Waals surface area (Å²) >= 11 is 0. The summed E-state index contributed by atoms with van der Waals surface area (Å²) in [7, 11) is 0. The number of nitrogens with zero attached hydrogens (tertiary/aromatic N) is 2. The highest BCUT2D eigenvalue weighted by molar-refractivity contribution is 5.20. The van der Waals surface area contributed by atoms with Gasteiger partial charge in [-0.2, -0.15) is 0 Å². The number of hydrogen-bond acceptors (Lipinski definition) is 4. The first-order valence-electron chi connectivity index (χ1n) is 6.55. The van der Waals surface area contributed by atoms with Crippen LogP contribution in [0.15, 0.2) is 28.7 Å². The lowest BCUT2D eigenvalue weighted by molar-refractivity contribution is 0.449. The minimum absolute atomic E-state index is 0.244. The van der Waals surface area contributed by atoms with Gasteiger partial charge in [0.2, 0.25) is 11.8 Å². The van der Waals surface area contributed by atoms with Crippen LogP contribution in [-0.2, 0) is 12.8 Å². The summed E-state index contributed by atoms with van der Waals surface area (Å²) in [6.07, 6.45) is 2.13. The van der Waals surface area contributed by atoms with Crippen LogP contribution in [-0.4, -0.2) is 23.3 Å². The van der Waals surface area contributed by atoms with E-state index in [4.69, 9.17) is 4.42 Å². The lowest BCUT2D eigenvalue weighted by Gasteiger charge is -1.99. The topological polar surface area (TPSA) is 51.0 Å². The van der Waals surface area contributed by atoms with Crippen molar-refractivity contribution in [2.45, 2.75) is 26.2 Å². The van der Waals surface area contributed by atoms with E-state index in [1.807, 2.05) is 0 Å². The monoisotopic (exact) mass is 263 g/mol. The van der Waals surface area contributed by atoms with Crippen molar-refractivity contribution >= 4 is 0 Å². The number of halogens is 1. The van der Waals surface area contributed by atoms with Gasteiger partial charge in [0.15, 0.2) is 0 Å². The van der Waals surface area contributed by atoms with E-state index >= 15 is 0 Å². The average molecular weight is 263 g/mol. The second-order valence-electron chi connectivity index (χ2n) is 4.36. The molecule has 5 heteroatoms. The fraction of sp³-hybridized carbons (Fsp3) is 0.429. The molecule has 2 aromatic rings. The third-order valence-corrected chi connectivity index (χ3v) is 2.75. The molecule has 1 aromatic carbocycles. The Morgan fingerprint density at radius 3 is 2.74 bits per heavy atom. The zero-order valence-corrected chi connectivity index (χ0v) is 11.0. The Balaban J connectivity index is 1.89. The van der Waals surface area contributed by atoms with Crippen LogP contribution in [0.1, 0.15) is 30.7 Å². The van der Waals surface area contributed by atoms with Crippen molar-refractivity contribution in [3.8, 4) is 0 Å². The van der Waals surface area contributed by atoms with Crippen LogP contribution in [0.5, 0.6) is 0 Å². The Morgan fingerprint density at radius 2 is 1.95 bits per heavy atom. The van der Waals surface area contributed by atoms with E-state index in [1.54, 1.807) is 18.2 Å². The summed E-state index contributed by atoms with van der Waals surface area (Å²) in [5.74, 6) is 0.803. The van der Waals surface area contributed by atoms with Crippen molar-refractivity contribution in [2.24, 2.45) is 0 Å². The maximum absolute atomic E-state index is 13.5. The first-order valence-corrected chi connectivity index (χ1v) is 6.55. The second kappa shape index (κ2) is 6.99. The van der Waals surface area contributed by atoms with Gasteiger partial charge in [-0.15, -0.1) is 10.2 Å². The Labute approximate surface area is 112 Å². The highest BCUT2D eigenvalue weighted by Crippen LogP contribution is 2.12. The summed E-state index contributed by atoms with van der Waals surface area (Å²) in [6, 6.07) is 6.62. The van der Waals surface area contributed by atoms with Crippen molar-refractivity contribution in [1.82, 2.24) is 15.5 Å². The molecule has 0 aliphatic carbocycles. The first-order chi connectivity index (χ1) is 9.29. The fourth-order valence-electron chi connectivity index (χ4n) is 1.76. The number of rotatable bonds is 7. The quantitative estimate of drug-likeness (QED) is 0.779. The molecule has 0 atom stereocenters. The maximum atomic E-state index is 13.5. The molecule has 0 fully saturated rings. The second-order valence-corrected chi connectivity index (χ2v) is 4.36. The van der Waals surface area contributed by atoms with Gasteiger partial charge in [-0.1, -0.05) is 25.1 Å². The Morgan fingerprint density at radius 1 is 1.16 bits per heavy atom. The molecule has 0 aliphatic rings. The van der Waals surface area contributed by atoms with Crippen LogP contribution < -0.4 is 5.32 Å². The van der Waals surface area contributed by atoms with Gasteiger partial charge in [-0.25, -0.2) is 4.39 Å². The zero-order valence-electron chi connectivity index (χ0n) is 11.0. The van der Waals surface area contributed by atoms with E-state index in [-0.39, 0.29) is 5.82 Å². The molecule has 0 spiro atoms. The van der Waals surface area contributed by atoms with Crippen LogP contribution in [0.3, 0.4) is 0 Å². The molecule has 1 aromatic heterocycles. The fourth-order valence-corrected chi connectivity index (χ4v) is 1.76. The van der Waals surface area contributed by atoms with E-state index < -0.39 is 0 Å². The lowest BCUT2D eigenvalue weighted by atomic mass is 10.1. The van der Waals surface area contributed by atoms with Crippen molar-refractivity contribution in [2.75, 3.05) is 13.1 Å². The van der Waals surface area contributed by atoms with E-state index in [9.17, 15) is 4.39 Å². The summed E-state index contributed by atoms with van der Waals surface area (Å²) in [5.41, 5.74) is 0.571. The molecule has 1 N–H and O–H groups in total. The summed E-state index contributed by atoms with van der Waals surface area (Å²) in [6.45, 7) is 3.91. The van der Waals surface area contributed by atoms with E-state index in [1.165, 1.54) is 6.07 Å². The average Bonchev–Trinajstić information content (AvgIpc) is 2.85. The van der Waals surface area contributed by atoms with Gasteiger partial charge < -0.3 is 9.73 Å². The highest BCUT2D eigenvalue weighted by Gasteiger charge is 2.09. The van der Waals surface area contributed by atoms with Gasteiger partial charge in [0.25, 0.3) is 0 Å². The predicted molar refractivity (Wildman–Crippen MR) is 70.4 cm³/mol. The molecule has 0 aliphatic heterocycles. The number of benzene rings is 1. The van der Waals surface area contributed by atoms with Crippen LogP contribution in [0, 0.1) is 5.82 Å². The molecule has 0 bridgehead atoms. The Hall–Kier alpha value is -1.75. The summed E-state index contributed by atoms with van der Waals surface area (Å²) in [5, 5.41) is 11.2. The van der Waals surface area contributed by atoms with Gasteiger partial charge >= 0.3 is 0 Å². The normalized spacial score (nSPS) is 10.8. The molecule has 2 rings (SSSR count). The minimum atomic E-state index is -0.244. The van der Waals surface area contributed by atoms with Crippen molar-refractivity contribution in [3.05, 3.63) is 47.4 Å². The van der Waals surface area contributed by atoms with Crippen LogP contribution >= 0.6 is 0 Å². The Bertz CT molecular complexity index is 513. The van der Waals surface area contributed by atoms with Gasteiger partial charge in [-0.3, -0.25) is 0 Å². The SMILES string of the molecule is CCCNCCc1nnc(Cc2ccccc2F)o1. The van der Waals surface area contributed by atoms with Gasteiger partial charge in [0.1, 0.15) is 5.82 Å². The molecular formula is C14H18FN3O. The standard InChI is InChI=1S/C14H18FN3O/c1-2-8-16-9-7-13-17-18-14(19-13)10-11-5-3-4-6-12(11)15/h3-6,16H,2,7-10H2,1H3. The molecule has 0 saturated heterocycles. The van der Waals surface area contributed by atoms with Crippen molar-refractivity contribution in [1.29, 1.82) is 0 Å². The Kier molecular flexibility index (Phi) is 5.03. The summed E-state index contributed by atoms with van der Waals surface area (Å²) < 4.78 is 19.0. The van der Waals surface area contributed by atoms with Gasteiger partial charge in [0, 0.05) is 13.0 Å². The van der Waals surface area contributed by atoms with E-state index in [0.717, 1.165) is 19.5 Å². The van der Waals surface area contributed by atoms with Crippen LogP contribution in [0.4, 0.5) is 4.39 Å². The number of aromatic nitrogens is 2. The molecule has 0 saturated carbocycles. The third-order valence-electron chi connectivity index (χ3n) is 2.75. The largest absolute Gasteiger partial charge is 0.425 e. The molecule has 102 valence electrons. The van der Waals surface area contributed by atoms with Gasteiger partial charge in [-0.05, 0) is 24.6 Å². The molecule has 1 heterocycles. The van der Waals surface area contributed by atoms with E-state index in [0.29, 0.717) is 30.2 Å². The molecular weight excluding hydrogens is 245 g/mol. The predicted octanol–water partition coefficient (Wildman–Crippen LogP) is 2.34. The van der Waals surface area contributed by atoms with Gasteiger partial charge in [0.05, 0.1) is 6.42 Å². The first kappa shape index (κ1) is 13.7. The van der Waals surface area contributed by atoms with Crippen molar-refractivity contribution in [3.63, 3.8) is 0 Å². The molecule has 0 unspecified atom stereocenters. The molecule has 0 amide bonds. The minimum Gasteiger partial charge on any atom is -0.425 e. The van der Waals surface area contributed by atoms with E-state index in [2.05, 4.69) is 22.4 Å². The third kappa shape index (κ3) is 4.13. The maximum Gasteiger partial charge on any atom is 0.221 e. The number of hydrogen-bond donors (Lipinski definition) is 1. The lowest BCUT2D eigenvalue weighted by Crippen LogP contribution is -2.17. The highest BCUT2D eigenvalue weighted by atomic mass is 19.1. The molecule has 4 nitrogen and oxygen atoms in total. The van der Waals surface area contributed by atoms with Crippen molar-refractivity contribution < 1.29 is 8.81 Å². The molecule has 19 heavy (non-hydrogen) atoms. The molecule has 0 radical (unpaired) electrons. The summed E-state index contributed by atoms with van der Waals surface area (Å²) in [4.78, 5) is 0. The van der Waals surface area contributed by atoms with Crippen LogP contribution in [0.25, 0.3) is 0 Å². The smallest absolute Gasteiger partial charge is 0.221 e. The van der Waals surface area contributed by atoms with Crippen LogP contribution in [0.2, 0.25) is 0 Å². The number of nitrogens with one attached hydrogen (secondary N) is 1.